The monoisotopic (exact) mass is 534 g/mol. The zero-order chi connectivity index (χ0) is 26.6. The van der Waals surface area contributed by atoms with Crippen molar-refractivity contribution in [2.24, 2.45) is 0 Å². The number of hydrogen-bond donors (Lipinski definition) is 5. The molecule has 0 spiro atoms. The molecule has 11 heteroatoms. The maximum Gasteiger partial charge on any atom is 0.407 e. The molecule has 1 fully saturated rings. The Kier molecular flexibility index (Phi) is 7.38. The van der Waals surface area contributed by atoms with Crippen LogP contribution in [-0.4, -0.2) is 68.5 Å². The first-order valence-electron chi connectivity index (χ1n) is 12.0. The number of para-hydroxylation sites is 1. The number of aliphatic hydroxyl groups is 1. The molecule has 1 aliphatic rings. The van der Waals surface area contributed by atoms with E-state index in [-0.39, 0.29) is 30.8 Å². The molecular formula is C27H26N4O6S. The zero-order valence-electron chi connectivity index (χ0n) is 20.2. The highest BCUT2D eigenvalue weighted by molar-refractivity contribution is 8.15. The Balaban J connectivity index is 1.15. The highest BCUT2D eigenvalue weighted by Crippen LogP contribution is 2.33. The van der Waals surface area contributed by atoms with Gasteiger partial charge in [0.25, 0.3) is 11.1 Å². The second kappa shape index (κ2) is 11.0. The van der Waals surface area contributed by atoms with Gasteiger partial charge in [-0.25, -0.2) is 4.79 Å². The van der Waals surface area contributed by atoms with Crippen LogP contribution in [0.1, 0.15) is 5.56 Å². The number of nitrogens with zero attached hydrogens (tertiary/aromatic N) is 1. The Hall–Kier alpha value is -4.22. The van der Waals surface area contributed by atoms with Crippen molar-refractivity contribution in [1.29, 1.82) is 0 Å². The van der Waals surface area contributed by atoms with Crippen molar-refractivity contribution < 1.29 is 29.3 Å². The topological polar surface area (TPSA) is 144 Å². The number of thioether (sulfide) groups is 1. The Morgan fingerprint density at radius 3 is 2.55 bits per heavy atom. The summed E-state index contributed by atoms with van der Waals surface area (Å²) < 4.78 is 5.93. The summed E-state index contributed by atoms with van der Waals surface area (Å²) >= 11 is 0.881. The first-order chi connectivity index (χ1) is 18.4. The van der Waals surface area contributed by atoms with Gasteiger partial charge in [-0.2, -0.15) is 0 Å². The van der Waals surface area contributed by atoms with Gasteiger partial charge in [0.05, 0.1) is 12.1 Å². The van der Waals surface area contributed by atoms with E-state index in [0.717, 1.165) is 44.0 Å². The predicted molar refractivity (Wildman–Crippen MR) is 146 cm³/mol. The van der Waals surface area contributed by atoms with Gasteiger partial charge < -0.3 is 30.2 Å². The van der Waals surface area contributed by atoms with Crippen LogP contribution in [0.25, 0.3) is 21.8 Å². The molecule has 1 unspecified atom stereocenters. The predicted octanol–water partition coefficient (Wildman–Crippen LogP) is 4.00. The number of aromatic amines is 1. The number of carbonyl (C=O) groups is 3. The third-order valence-corrected chi connectivity index (χ3v) is 7.12. The van der Waals surface area contributed by atoms with Gasteiger partial charge in [0.1, 0.15) is 18.5 Å². The third kappa shape index (κ3) is 5.68. The number of amides is 3. The number of carbonyl (C=O) groups excluding carboxylic acids is 2. The molecule has 5 rings (SSSR count). The second-order valence-corrected chi connectivity index (χ2v) is 9.99. The summed E-state index contributed by atoms with van der Waals surface area (Å²) in [6.07, 6.45) is -1.71. The van der Waals surface area contributed by atoms with Crippen molar-refractivity contribution in [2.45, 2.75) is 17.9 Å². The number of anilines is 1. The number of ether oxygens (including phenoxy) is 1. The number of aromatic nitrogens is 1. The fourth-order valence-corrected chi connectivity index (χ4v) is 5.12. The number of hydrogen-bond acceptors (Lipinski definition) is 7. The molecule has 2 heterocycles. The van der Waals surface area contributed by atoms with Crippen LogP contribution in [0.4, 0.5) is 15.3 Å². The van der Waals surface area contributed by atoms with Gasteiger partial charge in [-0.05, 0) is 54.1 Å². The van der Waals surface area contributed by atoms with E-state index in [4.69, 9.17) is 4.74 Å². The number of aliphatic hydroxyl groups excluding tert-OH is 1. The quantitative estimate of drug-likeness (QED) is 0.205. The van der Waals surface area contributed by atoms with E-state index in [1.807, 2.05) is 54.6 Å². The molecule has 1 aromatic heterocycles. The number of imide groups is 1. The van der Waals surface area contributed by atoms with Crippen LogP contribution in [0.15, 0.2) is 66.7 Å². The standard InChI is InChI=1S/C27H26N4O6S/c32-18(15-37-22-7-3-6-21-23(22)19-4-1-2-5-20(19)29-21)14-31(27(35)36)13-12-16-8-10-17(11-9-16)28-25-24(33)30-26(34)38-25/h1-11,18,25,28-29,32H,12-15H2,(H,35,36)(H,30,33,34)/t18-,25?/m0/s1. The molecule has 0 radical (unpaired) electrons. The van der Waals surface area contributed by atoms with Crippen LogP contribution in [0, 0.1) is 0 Å². The first kappa shape index (κ1) is 25.4. The normalized spacial score (nSPS) is 16.0. The SMILES string of the molecule is O=C1NC(=O)C(Nc2ccc(CCN(C[C@H](O)COc3cccc4[nH]c5ccccc5c34)C(=O)O)cc2)S1. The van der Waals surface area contributed by atoms with Gasteiger partial charge in [-0.15, -0.1) is 0 Å². The van der Waals surface area contributed by atoms with Gasteiger partial charge in [0.2, 0.25) is 0 Å². The van der Waals surface area contributed by atoms with E-state index >= 15 is 0 Å². The lowest BCUT2D eigenvalue weighted by molar-refractivity contribution is -0.118. The highest BCUT2D eigenvalue weighted by Gasteiger charge is 2.31. The number of benzene rings is 3. The summed E-state index contributed by atoms with van der Waals surface area (Å²) in [6.45, 7) is 0.0332. The van der Waals surface area contributed by atoms with E-state index in [2.05, 4.69) is 15.6 Å². The van der Waals surface area contributed by atoms with Gasteiger partial charge in [-0.1, -0.05) is 36.4 Å². The molecule has 1 aliphatic heterocycles. The largest absolute Gasteiger partial charge is 0.490 e. The average Bonchev–Trinajstić information content (AvgIpc) is 3.44. The molecule has 1 saturated heterocycles. The molecule has 2 atom stereocenters. The highest BCUT2D eigenvalue weighted by atomic mass is 32.2. The number of fused-ring (bicyclic) bond motifs is 3. The fraction of sp³-hybridized carbons (Fsp3) is 0.222. The number of rotatable bonds is 10. The molecule has 10 nitrogen and oxygen atoms in total. The number of carboxylic acid groups (broad SMARTS) is 1. The molecule has 0 aliphatic carbocycles. The summed E-state index contributed by atoms with van der Waals surface area (Å²) in [7, 11) is 0. The molecule has 196 valence electrons. The van der Waals surface area contributed by atoms with Crippen molar-refractivity contribution in [2.75, 3.05) is 25.0 Å². The third-order valence-electron chi connectivity index (χ3n) is 6.24. The first-order valence-corrected chi connectivity index (χ1v) is 12.9. The van der Waals surface area contributed by atoms with E-state index in [1.165, 1.54) is 0 Å². The summed E-state index contributed by atoms with van der Waals surface area (Å²) in [5.74, 6) is 0.231. The van der Waals surface area contributed by atoms with Crippen LogP contribution in [0.2, 0.25) is 0 Å². The van der Waals surface area contributed by atoms with E-state index in [9.17, 15) is 24.6 Å². The van der Waals surface area contributed by atoms with Crippen LogP contribution in [0.5, 0.6) is 5.75 Å². The van der Waals surface area contributed by atoms with Crippen LogP contribution in [0.3, 0.4) is 0 Å². The second-order valence-electron chi connectivity index (χ2n) is 8.91. The smallest absolute Gasteiger partial charge is 0.407 e. The molecule has 3 amide bonds. The van der Waals surface area contributed by atoms with Gasteiger partial charge in [-0.3, -0.25) is 14.9 Å². The van der Waals surface area contributed by atoms with E-state index in [0.29, 0.717) is 17.9 Å². The average molecular weight is 535 g/mol. The maximum absolute atomic E-state index is 11.8. The Morgan fingerprint density at radius 1 is 1.05 bits per heavy atom. The molecule has 0 saturated carbocycles. The lowest BCUT2D eigenvalue weighted by Gasteiger charge is -2.23. The number of H-pyrrole nitrogens is 1. The van der Waals surface area contributed by atoms with E-state index < -0.39 is 17.6 Å². The minimum atomic E-state index is -1.13. The molecular weight excluding hydrogens is 508 g/mol. The summed E-state index contributed by atoms with van der Waals surface area (Å²) in [4.78, 5) is 39.3. The maximum atomic E-state index is 11.8. The molecule has 4 aromatic rings. The summed E-state index contributed by atoms with van der Waals surface area (Å²) in [5, 5.41) is 26.3. The Morgan fingerprint density at radius 2 is 1.82 bits per heavy atom. The van der Waals surface area contributed by atoms with E-state index in [1.54, 1.807) is 12.1 Å². The number of nitrogens with one attached hydrogen (secondary N) is 3. The van der Waals surface area contributed by atoms with Crippen LogP contribution < -0.4 is 15.4 Å². The van der Waals surface area contributed by atoms with Crippen molar-refractivity contribution in [3.8, 4) is 5.75 Å². The molecule has 38 heavy (non-hydrogen) atoms. The lowest BCUT2D eigenvalue weighted by Crippen LogP contribution is -2.40. The van der Waals surface area contributed by atoms with Gasteiger partial charge in [0, 0.05) is 28.5 Å². The van der Waals surface area contributed by atoms with Crippen LogP contribution >= 0.6 is 11.8 Å². The van der Waals surface area contributed by atoms with Crippen molar-refractivity contribution in [1.82, 2.24) is 15.2 Å². The zero-order valence-corrected chi connectivity index (χ0v) is 21.0. The molecule has 0 bridgehead atoms. The fourth-order valence-electron chi connectivity index (χ4n) is 4.38. The van der Waals surface area contributed by atoms with Crippen molar-refractivity contribution in [3.05, 3.63) is 72.3 Å². The van der Waals surface area contributed by atoms with Crippen molar-refractivity contribution >= 4 is 56.5 Å². The van der Waals surface area contributed by atoms with Gasteiger partial charge in [0.15, 0.2) is 5.37 Å². The summed E-state index contributed by atoms with van der Waals surface area (Å²) in [5.41, 5.74) is 3.46. The molecule has 3 aromatic carbocycles. The Bertz CT molecular complexity index is 1490. The Labute approximate surface area is 222 Å². The minimum absolute atomic E-state index is 0.0575. The lowest BCUT2D eigenvalue weighted by atomic mass is 10.1. The van der Waals surface area contributed by atoms with Crippen LogP contribution in [-0.2, 0) is 11.2 Å². The molecule has 5 N–H and O–H groups in total. The van der Waals surface area contributed by atoms with Gasteiger partial charge >= 0.3 is 6.09 Å². The summed E-state index contributed by atoms with van der Waals surface area (Å²) in [6, 6.07) is 20.7. The van der Waals surface area contributed by atoms with Crippen molar-refractivity contribution in [3.63, 3.8) is 0 Å². The minimum Gasteiger partial charge on any atom is -0.490 e.